The van der Waals surface area contributed by atoms with Crippen molar-refractivity contribution in [3.8, 4) is 0 Å². The molecule has 100 valence electrons. The molecule has 1 atom stereocenters. The summed E-state index contributed by atoms with van der Waals surface area (Å²) in [7, 11) is 0. The van der Waals surface area contributed by atoms with Crippen molar-refractivity contribution >= 4 is 27.5 Å². The molecule has 0 radical (unpaired) electrons. The van der Waals surface area contributed by atoms with Crippen LogP contribution in [-0.4, -0.2) is 4.83 Å². The molecule has 0 saturated heterocycles. The van der Waals surface area contributed by atoms with Gasteiger partial charge in [0.25, 0.3) is 0 Å². The van der Waals surface area contributed by atoms with Gasteiger partial charge in [-0.3, -0.25) is 0 Å². The first-order valence-corrected chi connectivity index (χ1v) is 7.89. The van der Waals surface area contributed by atoms with Crippen molar-refractivity contribution in [1.82, 2.24) is 0 Å². The summed E-state index contributed by atoms with van der Waals surface area (Å²) >= 11 is 9.87. The molecule has 0 aliphatic heterocycles. The minimum atomic E-state index is -0.189. The topological polar surface area (TPSA) is 0 Å². The minimum absolute atomic E-state index is 0.189. The fourth-order valence-corrected chi connectivity index (χ4v) is 3.85. The van der Waals surface area contributed by atoms with Crippen LogP contribution in [0.5, 0.6) is 0 Å². The summed E-state index contributed by atoms with van der Waals surface area (Å²) in [5, 5.41) is 0.541. The van der Waals surface area contributed by atoms with Crippen LogP contribution in [0.15, 0.2) is 18.2 Å². The van der Waals surface area contributed by atoms with Gasteiger partial charge in [-0.05, 0) is 36.8 Å². The van der Waals surface area contributed by atoms with E-state index in [2.05, 4.69) is 22.9 Å². The van der Waals surface area contributed by atoms with Gasteiger partial charge < -0.3 is 0 Å². The van der Waals surface area contributed by atoms with Crippen molar-refractivity contribution in [2.24, 2.45) is 5.41 Å². The van der Waals surface area contributed by atoms with Gasteiger partial charge in [-0.15, -0.1) is 0 Å². The van der Waals surface area contributed by atoms with Gasteiger partial charge in [-0.25, -0.2) is 4.39 Å². The van der Waals surface area contributed by atoms with Crippen LogP contribution in [0.4, 0.5) is 4.39 Å². The molecule has 0 spiro atoms. The molecule has 2 rings (SSSR count). The number of rotatable bonds is 3. The molecule has 0 amide bonds. The second-order valence-corrected chi connectivity index (χ2v) is 7.10. The van der Waals surface area contributed by atoms with E-state index in [0.29, 0.717) is 21.8 Å². The zero-order valence-electron chi connectivity index (χ0n) is 10.7. The van der Waals surface area contributed by atoms with Crippen molar-refractivity contribution < 1.29 is 4.39 Å². The number of hydrogen-bond acceptors (Lipinski definition) is 0. The van der Waals surface area contributed by atoms with Gasteiger partial charge in [-0.2, -0.15) is 0 Å². The van der Waals surface area contributed by atoms with Crippen molar-refractivity contribution in [2.45, 2.75) is 50.3 Å². The first-order valence-electron chi connectivity index (χ1n) is 6.60. The lowest BCUT2D eigenvalue weighted by Crippen LogP contribution is -2.32. The highest BCUT2D eigenvalue weighted by Gasteiger charge is 2.34. The maximum absolute atomic E-state index is 13.8. The van der Waals surface area contributed by atoms with Gasteiger partial charge in [-0.1, -0.05) is 59.8 Å². The molecule has 3 heteroatoms. The minimum Gasteiger partial charge on any atom is -0.207 e. The Morgan fingerprint density at radius 1 is 1.33 bits per heavy atom. The van der Waals surface area contributed by atoms with Gasteiger partial charge >= 0.3 is 0 Å². The quantitative estimate of drug-likeness (QED) is 0.617. The molecule has 1 saturated carbocycles. The van der Waals surface area contributed by atoms with Crippen molar-refractivity contribution in [1.29, 1.82) is 0 Å². The second kappa shape index (κ2) is 5.92. The average molecular weight is 334 g/mol. The summed E-state index contributed by atoms with van der Waals surface area (Å²) < 4.78 is 13.8. The normalized spacial score (nSPS) is 20.7. The lowest BCUT2D eigenvalue weighted by Gasteiger charge is -2.38. The predicted molar refractivity (Wildman–Crippen MR) is 79.0 cm³/mol. The summed E-state index contributed by atoms with van der Waals surface area (Å²) in [6.07, 6.45) is 6.99. The second-order valence-electron chi connectivity index (χ2n) is 5.59. The van der Waals surface area contributed by atoms with Crippen molar-refractivity contribution in [3.63, 3.8) is 0 Å². The van der Waals surface area contributed by atoms with E-state index < -0.39 is 0 Å². The Morgan fingerprint density at radius 3 is 2.61 bits per heavy atom. The number of halogens is 3. The van der Waals surface area contributed by atoms with Crippen LogP contribution in [0.2, 0.25) is 5.02 Å². The Morgan fingerprint density at radius 2 is 2.00 bits per heavy atom. The zero-order chi connectivity index (χ0) is 13.2. The Balaban J connectivity index is 2.13. The molecule has 1 aromatic rings. The predicted octanol–water partition coefficient (Wildman–Crippen LogP) is 5.76. The van der Waals surface area contributed by atoms with Crippen LogP contribution in [-0.2, 0) is 6.42 Å². The van der Waals surface area contributed by atoms with E-state index in [0.717, 1.165) is 0 Å². The van der Waals surface area contributed by atoms with E-state index in [9.17, 15) is 4.39 Å². The third-order valence-corrected chi connectivity index (χ3v) is 5.98. The van der Waals surface area contributed by atoms with Gasteiger partial charge in [0.1, 0.15) is 5.82 Å². The third-order valence-electron chi connectivity index (χ3n) is 4.20. The van der Waals surface area contributed by atoms with Crippen LogP contribution in [0.3, 0.4) is 0 Å². The summed E-state index contributed by atoms with van der Waals surface area (Å²) in [4.78, 5) is 0.291. The van der Waals surface area contributed by atoms with Crippen LogP contribution >= 0.6 is 27.5 Å². The molecular weight excluding hydrogens is 315 g/mol. The Hall–Kier alpha value is -0.0800. The van der Waals surface area contributed by atoms with Gasteiger partial charge in [0.15, 0.2) is 0 Å². The van der Waals surface area contributed by atoms with Crippen LogP contribution in [0, 0.1) is 11.2 Å². The SMILES string of the molecule is CC1(C(Br)Cc2c(F)cccc2Cl)CCCCC1. The molecule has 1 aliphatic carbocycles. The zero-order valence-corrected chi connectivity index (χ0v) is 13.0. The highest BCUT2D eigenvalue weighted by Crippen LogP contribution is 2.43. The molecule has 1 unspecified atom stereocenters. The molecule has 0 heterocycles. The van der Waals surface area contributed by atoms with E-state index in [1.54, 1.807) is 12.1 Å². The number of benzene rings is 1. The van der Waals surface area contributed by atoms with Gasteiger partial charge in [0.2, 0.25) is 0 Å². The van der Waals surface area contributed by atoms with Gasteiger partial charge in [0, 0.05) is 15.4 Å². The van der Waals surface area contributed by atoms with E-state index >= 15 is 0 Å². The molecule has 18 heavy (non-hydrogen) atoms. The maximum Gasteiger partial charge on any atom is 0.127 e. The van der Waals surface area contributed by atoms with Crippen molar-refractivity contribution in [2.75, 3.05) is 0 Å². The Bertz CT molecular complexity index is 393. The molecule has 1 aromatic carbocycles. The lowest BCUT2D eigenvalue weighted by molar-refractivity contribution is 0.210. The maximum atomic E-state index is 13.8. The fourth-order valence-electron chi connectivity index (χ4n) is 2.83. The Labute approximate surface area is 122 Å². The number of alkyl halides is 1. The van der Waals surface area contributed by atoms with Crippen LogP contribution in [0.1, 0.15) is 44.6 Å². The molecular formula is C15H19BrClF. The molecule has 0 N–H and O–H groups in total. The number of hydrogen-bond donors (Lipinski definition) is 0. The van der Waals surface area contributed by atoms with E-state index in [4.69, 9.17) is 11.6 Å². The lowest BCUT2D eigenvalue weighted by atomic mass is 9.72. The summed E-state index contributed by atoms with van der Waals surface area (Å²) in [6, 6.07) is 4.92. The first-order chi connectivity index (χ1) is 8.53. The molecule has 0 nitrogen and oxygen atoms in total. The summed E-state index contributed by atoms with van der Waals surface area (Å²) in [5.74, 6) is -0.189. The molecule has 0 bridgehead atoms. The Kier molecular flexibility index (Phi) is 4.71. The summed E-state index contributed by atoms with van der Waals surface area (Å²) in [5.41, 5.74) is 0.914. The smallest absolute Gasteiger partial charge is 0.127 e. The van der Waals surface area contributed by atoms with E-state index in [1.165, 1.54) is 38.2 Å². The molecule has 1 aliphatic rings. The molecule has 0 aromatic heterocycles. The third kappa shape index (κ3) is 3.08. The van der Waals surface area contributed by atoms with E-state index in [1.807, 2.05) is 0 Å². The van der Waals surface area contributed by atoms with E-state index in [-0.39, 0.29) is 11.2 Å². The highest BCUT2D eigenvalue weighted by atomic mass is 79.9. The fraction of sp³-hybridized carbons (Fsp3) is 0.600. The largest absolute Gasteiger partial charge is 0.207 e. The monoisotopic (exact) mass is 332 g/mol. The summed E-state index contributed by atoms with van der Waals surface area (Å²) in [6.45, 7) is 2.31. The van der Waals surface area contributed by atoms with Crippen molar-refractivity contribution in [3.05, 3.63) is 34.6 Å². The highest BCUT2D eigenvalue weighted by molar-refractivity contribution is 9.09. The first kappa shape index (κ1) is 14.3. The van der Waals surface area contributed by atoms with Crippen LogP contribution in [0.25, 0.3) is 0 Å². The average Bonchev–Trinajstić information content (AvgIpc) is 2.34. The molecule has 1 fully saturated rings. The van der Waals surface area contributed by atoms with Gasteiger partial charge in [0.05, 0.1) is 0 Å². The van der Waals surface area contributed by atoms with Crippen LogP contribution < -0.4 is 0 Å². The standard InChI is InChI=1S/C15H19BrClF/c1-15(8-3-2-4-9-15)14(16)10-11-12(17)6-5-7-13(11)18/h5-7,14H,2-4,8-10H2,1H3.